The van der Waals surface area contributed by atoms with Gasteiger partial charge in [0.05, 0.1) is 13.3 Å². The lowest BCUT2D eigenvalue weighted by Crippen LogP contribution is -2.41. The van der Waals surface area contributed by atoms with Crippen molar-refractivity contribution < 1.29 is 14.3 Å². The topological polar surface area (TPSA) is 92.2 Å². The first-order chi connectivity index (χ1) is 13.9. The Morgan fingerprint density at radius 3 is 2.79 bits per heavy atom. The monoisotopic (exact) mass is 430 g/mol. The number of rotatable bonds is 5. The van der Waals surface area contributed by atoms with Crippen molar-refractivity contribution in [3.05, 3.63) is 58.6 Å². The Morgan fingerprint density at radius 2 is 2.07 bits per heavy atom. The van der Waals surface area contributed by atoms with Gasteiger partial charge in [0.15, 0.2) is 5.17 Å². The van der Waals surface area contributed by atoms with E-state index in [0.717, 1.165) is 28.6 Å². The van der Waals surface area contributed by atoms with Crippen molar-refractivity contribution in [2.75, 3.05) is 12.4 Å². The maximum absolute atomic E-state index is 12.6. The molecule has 0 spiro atoms. The van der Waals surface area contributed by atoms with E-state index < -0.39 is 5.25 Å². The first kappa shape index (κ1) is 20.9. The van der Waals surface area contributed by atoms with Crippen LogP contribution in [0.1, 0.15) is 17.5 Å². The third-order valence-corrected chi connectivity index (χ3v) is 5.40. The number of halogens is 1. The van der Waals surface area contributed by atoms with Gasteiger partial charge in [-0.25, -0.2) is 0 Å². The van der Waals surface area contributed by atoms with Crippen LogP contribution >= 0.6 is 23.4 Å². The highest BCUT2D eigenvalue weighted by atomic mass is 35.5. The van der Waals surface area contributed by atoms with Gasteiger partial charge in [-0.1, -0.05) is 29.4 Å². The minimum atomic E-state index is -0.614. The molecule has 0 saturated carbocycles. The Kier molecular flexibility index (Phi) is 6.90. The Morgan fingerprint density at radius 1 is 1.31 bits per heavy atom. The highest BCUT2D eigenvalue weighted by Gasteiger charge is 2.30. The second-order valence-electron chi connectivity index (χ2n) is 6.23. The van der Waals surface area contributed by atoms with E-state index in [0.29, 0.717) is 10.7 Å². The molecule has 7 nitrogen and oxygen atoms in total. The number of hydrogen-bond acceptors (Lipinski definition) is 6. The van der Waals surface area contributed by atoms with Crippen LogP contribution in [0, 0.1) is 6.92 Å². The number of carbonyl (C=O) groups is 2. The summed E-state index contributed by atoms with van der Waals surface area (Å²) in [5.41, 5.74) is 2.32. The Balaban J connectivity index is 1.66. The molecule has 1 saturated heterocycles. The average Bonchev–Trinajstić information content (AvgIpc) is 2.71. The molecule has 1 heterocycles. The van der Waals surface area contributed by atoms with E-state index in [1.54, 1.807) is 25.5 Å². The van der Waals surface area contributed by atoms with Crippen LogP contribution in [-0.2, 0) is 9.59 Å². The molecule has 1 aliphatic heterocycles. The number of carbonyl (C=O) groups excluding carboxylic acids is 2. The lowest BCUT2D eigenvalue weighted by molar-refractivity contribution is -0.123. The molecule has 0 aliphatic carbocycles. The third kappa shape index (κ3) is 5.82. The largest absolute Gasteiger partial charge is 0.497 e. The molecule has 1 aliphatic rings. The van der Waals surface area contributed by atoms with Crippen LogP contribution in [0.4, 0.5) is 5.69 Å². The van der Waals surface area contributed by atoms with Crippen molar-refractivity contribution in [1.29, 1.82) is 0 Å². The van der Waals surface area contributed by atoms with E-state index in [4.69, 9.17) is 16.3 Å². The summed E-state index contributed by atoms with van der Waals surface area (Å²) >= 11 is 7.15. The molecule has 2 aromatic rings. The molecule has 0 radical (unpaired) electrons. The van der Waals surface area contributed by atoms with E-state index in [9.17, 15) is 9.59 Å². The molecule has 1 fully saturated rings. The van der Waals surface area contributed by atoms with Crippen molar-refractivity contribution in [3.63, 3.8) is 0 Å². The Bertz CT molecular complexity index is 976. The maximum atomic E-state index is 12.6. The number of thioether (sulfide) groups is 1. The van der Waals surface area contributed by atoms with Crippen molar-refractivity contribution >= 4 is 52.2 Å². The lowest BCUT2D eigenvalue weighted by Gasteiger charge is -2.22. The van der Waals surface area contributed by atoms with E-state index in [2.05, 4.69) is 20.8 Å². The van der Waals surface area contributed by atoms with Crippen molar-refractivity contribution in [2.45, 2.75) is 18.6 Å². The number of nitrogens with one attached hydrogen (secondary N) is 2. The third-order valence-electron chi connectivity index (χ3n) is 4.09. The van der Waals surface area contributed by atoms with Gasteiger partial charge in [-0.2, -0.15) is 5.10 Å². The van der Waals surface area contributed by atoms with Gasteiger partial charge in [-0.3, -0.25) is 9.59 Å². The summed E-state index contributed by atoms with van der Waals surface area (Å²) in [6.07, 6.45) is 1.61. The summed E-state index contributed by atoms with van der Waals surface area (Å²) in [4.78, 5) is 24.6. The summed E-state index contributed by atoms with van der Waals surface area (Å²) in [5.74, 6) is 0.166. The van der Waals surface area contributed by atoms with Crippen LogP contribution in [0.5, 0.6) is 5.75 Å². The number of aryl methyl sites for hydroxylation is 1. The minimum absolute atomic E-state index is 0.0529. The highest BCUT2D eigenvalue weighted by molar-refractivity contribution is 8.15. The number of hydrogen-bond donors (Lipinski definition) is 2. The van der Waals surface area contributed by atoms with Crippen LogP contribution in [0.15, 0.2) is 52.7 Å². The number of nitrogens with zero attached hydrogens (tertiary/aromatic N) is 2. The Hall–Kier alpha value is -2.84. The van der Waals surface area contributed by atoms with E-state index in [1.165, 1.54) is 0 Å². The number of amides is 2. The summed E-state index contributed by atoms with van der Waals surface area (Å²) in [5, 5.41) is 13.7. The van der Waals surface area contributed by atoms with Gasteiger partial charge in [-0.15, -0.1) is 5.10 Å². The molecule has 9 heteroatoms. The number of ether oxygens (including phenoxy) is 1. The van der Waals surface area contributed by atoms with Crippen LogP contribution < -0.4 is 15.4 Å². The predicted octanol–water partition coefficient (Wildman–Crippen LogP) is 3.61. The van der Waals surface area contributed by atoms with E-state index >= 15 is 0 Å². The quantitative estimate of drug-likeness (QED) is 0.560. The molecular weight excluding hydrogens is 412 g/mol. The molecule has 29 heavy (non-hydrogen) atoms. The minimum Gasteiger partial charge on any atom is -0.497 e. The molecule has 2 N–H and O–H groups in total. The zero-order valence-electron chi connectivity index (χ0n) is 15.8. The first-order valence-corrected chi connectivity index (χ1v) is 9.99. The second-order valence-corrected chi connectivity index (χ2v) is 7.86. The van der Waals surface area contributed by atoms with Crippen molar-refractivity contribution in [3.8, 4) is 5.75 Å². The zero-order valence-corrected chi connectivity index (χ0v) is 17.4. The summed E-state index contributed by atoms with van der Waals surface area (Å²) in [6, 6.07) is 12.5. The van der Waals surface area contributed by atoms with Crippen molar-refractivity contribution in [1.82, 2.24) is 5.32 Å². The molecule has 0 aromatic heterocycles. The first-order valence-electron chi connectivity index (χ1n) is 8.73. The fourth-order valence-electron chi connectivity index (χ4n) is 2.52. The van der Waals surface area contributed by atoms with Gasteiger partial charge >= 0.3 is 0 Å². The second kappa shape index (κ2) is 9.58. The fourth-order valence-corrected chi connectivity index (χ4v) is 3.63. The molecule has 150 valence electrons. The lowest BCUT2D eigenvalue weighted by atomic mass is 10.2. The Labute approximate surface area is 177 Å². The van der Waals surface area contributed by atoms with Gasteiger partial charge in [-0.05, 0) is 54.4 Å². The zero-order chi connectivity index (χ0) is 20.8. The number of anilines is 1. The normalized spacial score (nSPS) is 18.0. The number of amidine groups is 1. The van der Waals surface area contributed by atoms with Gasteiger partial charge < -0.3 is 15.4 Å². The molecule has 2 aromatic carbocycles. The van der Waals surface area contributed by atoms with Gasteiger partial charge in [0, 0.05) is 17.1 Å². The predicted molar refractivity (Wildman–Crippen MR) is 117 cm³/mol. The van der Waals surface area contributed by atoms with E-state index in [-0.39, 0.29) is 23.4 Å². The average molecular weight is 431 g/mol. The van der Waals surface area contributed by atoms with Crippen LogP contribution in [-0.4, -0.2) is 35.6 Å². The fraction of sp³-hybridized carbons (Fsp3) is 0.200. The van der Waals surface area contributed by atoms with Crippen LogP contribution in [0.3, 0.4) is 0 Å². The van der Waals surface area contributed by atoms with Crippen LogP contribution in [0.2, 0.25) is 5.02 Å². The molecule has 3 rings (SSSR count). The highest BCUT2D eigenvalue weighted by Crippen LogP contribution is 2.25. The molecule has 2 amide bonds. The molecule has 1 unspecified atom stereocenters. The summed E-state index contributed by atoms with van der Waals surface area (Å²) in [7, 11) is 1.60. The smallest absolute Gasteiger partial charge is 0.238 e. The summed E-state index contributed by atoms with van der Waals surface area (Å²) in [6.45, 7) is 1.87. The van der Waals surface area contributed by atoms with Gasteiger partial charge in [0.1, 0.15) is 11.0 Å². The molecular formula is C20H19ClN4O3S. The summed E-state index contributed by atoms with van der Waals surface area (Å²) < 4.78 is 5.10. The van der Waals surface area contributed by atoms with E-state index in [1.807, 2.05) is 37.3 Å². The molecule has 1 atom stereocenters. The number of benzene rings is 2. The standard InChI is InChI=1S/C20H19ClN4O3S/c1-12-3-6-14(21)9-16(12)23-19(27)17-10-18(26)24-20(29-17)25-22-11-13-4-7-15(28-2)8-5-13/h3-9,11,17H,10H2,1-2H3,(H,23,27)(H,24,25,26)/b22-11+. The van der Waals surface area contributed by atoms with Crippen LogP contribution in [0.25, 0.3) is 0 Å². The SMILES string of the molecule is COc1ccc(/C=N/N=C2\NC(=O)CC(C(=O)Nc3cc(Cl)ccc3C)S2)cc1. The van der Waals surface area contributed by atoms with Crippen molar-refractivity contribution in [2.24, 2.45) is 10.2 Å². The van der Waals surface area contributed by atoms with Gasteiger partial charge in [0.25, 0.3) is 0 Å². The molecule has 0 bridgehead atoms. The number of methoxy groups -OCH3 is 1. The van der Waals surface area contributed by atoms with Gasteiger partial charge in [0.2, 0.25) is 11.8 Å². The maximum Gasteiger partial charge on any atom is 0.238 e.